The molecule has 5 heteroatoms. The predicted octanol–water partition coefficient (Wildman–Crippen LogP) is 3.87. The molecule has 0 unspecified atom stereocenters. The van der Waals surface area contributed by atoms with Crippen molar-refractivity contribution in [2.75, 3.05) is 21.3 Å². The van der Waals surface area contributed by atoms with Crippen LogP contribution in [0, 0.1) is 6.92 Å². The van der Waals surface area contributed by atoms with E-state index in [0.29, 0.717) is 23.1 Å². The van der Waals surface area contributed by atoms with Crippen LogP contribution in [-0.4, -0.2) is 32.1 Å². The zero-order valence-corrected chi connectivity index (χ0v) is 15.2. The topological polar surface area (TPSA) is 38.8 Å². The van der Waals surface area contributed by atoms with Gasteiger partial charge in [-0.15, -0.1) is 0 Å². The van der Waals surface area contributed by atoms with Crippen LogP contribution in [-0.2, 0) is 17.8 Å². The second-order valence-electron chi connectivity index (χ2n) is 5.65. The third-order valence-corrected chi connectivity index (χ3v) is 4.34. The summed E-state index contributed by atoms with van der Waals surface area (Å²) in [5.74, 6) is 1.35. The minimum Gasteiger partial charge on any atom is -0.493 e. The molecule has 1 amide bonds. The molecule has 2 aromatic carbocycles. The Morgan fingerprint density at radius 3 is 2.33 bits per heavy atom. The molecule has 24 heavy (non-hydrogen) atoms. The van der Waals surface area contributed by atoms with Gasteiger partial charge in [-0.25, -0.2) is 0 Å². The number of amides is 1. The van der Waals surface area contributed by atoms with E-state index in [9.17, 15) is 4.79 Å². The Morgan fingerprint density at radius 1 is 1.08 bits per heavy atom. The summed E-state index contributed by atoms with van der Waals surface area (Å²) in [4.78, 5) is 14.2. The van der Waals surface area contributed by atoms with Gasteiger partial charge in [0, 0.05) is 18.6 Å². The number of hydrogen-bond donors (Lipinski definition) is 0. The lowest BCUT2D eigenvalue weighted by molar-refractivity contribution is -0.129. The predicted molar refractivity (Wildman–Crippen MR) is 95.9 cm³/mol. The molecule has 2 aromatic rings. The monoisotopic (exact) mass is 347 g/mol. The number of aryl methyl sites for hydroxylation is 1. The maximum absolute atomic E-state index is 12.5. The first kappa shape index (κ1) is 18.1. The molecule has 0 fully saturated rings. The fourth-order valence-corrected chi connectivity index (χ4v) is 2.68. The SMILES string of the molecule is COc1cc(C)c(CN(C)C(=O)Cc2ccccc2Cl)cc1OC. The Morgan fingerprint density at radius 2 is 1.71 bits per heavy atom. The molecule has 0 aliphatic carbocycles. The largest absolute Gasteiger partial charge is 0.493 e. The summed E-state index contributed by atoms with van der Waals surface area (Å²) in [5.41, 5.74) is 2.90. The summed E-state index contributed by atoms with van der Waals surface area (Å²) < 4.78 is 10.6. The van der Waals surface area contributed by atoms with Crippen LogP contribution in [0.15, 0.2) is 36.4 Å². The van der Waals surface area contributed by atoms with Crippen molar-refractivity contribution >= 4 is 17.5 Å². The van der Waals surface area contributed by atoms with Crippen LogP contribution in [0.1, 0.15) is 16.7 Å². The van der Waals surface area contributed by atoms with Crippen LogP contribution in [0.25, 0.3) is 0 Å². The molecule has 2 rings (SSSR count). The molecule has 0 N–H and O–H groups in total. The fourth-order valence-electron chi connectivity index (χ4n) is 2.48. The number of ether oxygens (including phenoxy) is 2. The molecule has 0 aliphatic heterocycles. The number of halogens is 1. The van der Waals surface area contributed by atoms with Crippen molar-refractivity contribution in [2.24, 2.45) is 0 Å². The summed E-state index contributed by atoms with van der Waals surface area (Å²) in [5, 5.41) is 0.613. The van der Waals surface area contributed by atoms with Crippen molar-refractivity contribution in [3.05, 3.63) is 58.1 Å². The fraction of sp³-hybridized carbons (Fsp3) is 0.316. The van der Waals surface area contributed by atoms with Gasteiger partial charge in [-0.05, 0) is 41.8 Å². The number of methoxy groups -OCH3 is 2. The lowest BCUT2D eigenvalue weighted by atomic mass is 10.1. The summed E-state index contributed by atoms with van der Waals surface area (Å²) in [6.45, 7) is 2.49. The maximum atomic E-state index is 12.5. The normalized spacial score (nSPS) is 10.4. The summed E-state index contributed by atoms with van der Waals surface area (Å²) in [6, 6.07) is 11.2. The lowest BCUT2D eigenvalue weighted by Crippen LogP contribution is -2.28. The third-order valence-electron chi connectivity index (χ3n) is 3.97. The van der Waals surface area contributed by atoms with Crippen LogP contribution in [0.5, 0.6) is 11.5 Å². The molecule has 4 nitrogen and oxygen atoms in total. The standard InChI is InChI=1S/C19H22ClNO3/c1-13-9-17(23-3)18(24-4)10-15(13)12-21(2)19(22)11-14-7-5-6-8-16(14)20/h5-10H,11-12H2,1-4H3. The van der Waals surface area contributed by atoms with Crippen molar-refractivity contribution in [1.82, 2.24) is 4.90 Å². The molecule has 0 aliphatic rings. The highest BCUT2D eigenvalue weighted by Gasteiger charge is 2.15. The zero-order valence-electron chi connectivity index (χ0n) is 14.4. The Kier molecular flexibility index (Phi) is 6.10. The number of carbonyl (C=O) groups is 1. The second-order valence-corrected chi connectivity index (χ2v) is 6.06. The van der Waals surface area contributed by atoms with E-state index in [0.717, 1.165) is 16.7 Å². The molecule has 0 radical (unpaired) electrons. The third kappa shape index (κ3) is 4.20. The van der Waals surface area contributed by atoms with E-state index in [1.165, 1.54) is 0 Å². The highest BCUT2D eigenvalue weighted by molar-refractivity contribution is 6.31. The highest BCUT2D eigenvalue weighted by Crippen LogP contribution is 2.30. The van der Waals surface area contributed by atoms with E-state index >= 15 is 0 Å². The van der Waals surface area contributed by atoms with Gasteiger partial charge in [-0.1, -0.05) is 29.8 Å². The molecule has 128 valence electrons. The molecular weight excluding hydrogens is 326 g/mol. The van der Waals surface area contributed by atoms with Crippen molar-refractivity contribution in [3.8, 4) is 11.5 Å². The molecule has 0 saturated carbocycles. The second kappa shape index (κ2) is 8.06. The Bertz CT molecular complexity index is 731. The van der Waals surface area contributed by atoms with Crippen molar-refractivity contribution in [1.29, 1.82) is 0 Å². The first-order chi connectivity index (χ1) is 11.5. The van der Waals surface area contributed by atoms with Crippen LogP contribution in [0.3, 0.4) is 0 Å². The quantitative estimate of drug-likeness (QED) is 0.796. The van der Waals surface area contributed by atoms with Crippen molar-refractivity contribution < 1.29 is 14.3 Å². The van der Waals surface area contributed by atoms with Crippen LogP contribution < -0.4 is 9.47 Å². The van der Waals surface area contributed by atoms with Gasteiger partial charge in [0.1, 0.15) is 0 Å². The average Bonchev–Trinajstić information content (AvgIpc) is 2.58. The number of nitrogens with zero attached hydrogens (tertiary/aromatic N) is 1. The highest BCUT2D eigenvalue weighted by atomic mass is 35.5. The van der Waals surface area contributed by atoms with Gasteiger partial charge in [0.2, 0.25) is 5.91 Å². The first-order valence-corrected chi connectivity index (χ1v) is 8.03. The van der Waals surface area contributed by atoms with Gasteiger partial charge < -0.3 is 14.4 Å². The molecule has 0 aromatic heterocycles. The van der Waals surface area contributed by atoms with E-state index in [2.05, 4.69) is 0 Å². The molecule has 0 heterocycles. The molecular formula is C19H22ClNO3. The summed E-state index contributed by atoms with van der Waals surface area (Å²) in [6.07, 6.45) is 0.280. The van der Waals surface area contributed by atoms with Gasteiger partial charge in [-0.2, -0.15) is 0 Å². The maximum Gasteiger partial charge on any atom is 0.227 e. The Balaban J connectivity index is 2.13. The number of benzene rings is 2. The minimum absolute atomic E-state index is 0.0114. The Hall–Kier alpha value is -2.20. The minimum atomic E-state index is 0.0114. The smallest absolute Gasteiger partial charge is 0.227 e. The Labute approximate surface area is 147 Å². The van der Waals surface area contributed by atoms with Gasteiger partial charge in [0.25, 0.3) is 0 Å². The van der Waals surface area contributed by atoms with Gasteiger partial charge >= 0.3 is 0 Å². The summed E-state index contributed by atoms with van der Waals surface area (Å²) in [7, 11) is 4.99. The van der Waals surface area contributed by atoms with E-state index in [-0.39, 0.29) is 12.3 Å². The lowest BCUT2D eigenvalue weighted by Gasteiger charge is -2.20. The van der Waals surface area contributed by atoms with Crippen LogP contribution >= 0.6 is 11.6 Å². The van der Waals surface area contributed by atoms with E-state index in [4.69, 9.17) is 21.1 Å². The number of rotatable bonds is 6. The van der Waals surface area contributed by atoms with Gasteiger partial charge in [0.15, 0.2) is 11.5 Å². The number of hydrogen-bond acceptors (Lipinski definition) is 3. The van der Waals surface area contributed by atoms with Crippen molar-refractivity contribution in [3.63, 3.8) is 0 Å². The van der Waals surface area contributed by atoms with E-state index in [1.54, 1.807) is 32.2 Å². The van der Waals surface area contributed by atoms with Crippen LogP contribution in [0.4, 0.5) is 0 Å². The van der Waals surface area contributed by atoms with Crippen LogP contribution in [0.2, 0.25) is 5.02 Å². The van der Waals surface area contributed by atoms with Gasteiger partial charge in [-0.3, -0.25) is 4.79 Å². The number of carbonyl (C=O) groups excluding carboxylic acids is 1. The van der Waals surface area contributed by atoms with E-state index < -0.39 is 0 Å². The molecule has 0 bridgehead atoms. The average molecular weight is 348 g/mol. The molecule has 0 atom stereocenters. The zero-order chi connectivity index (χ0) is 17.7. The number of likely N-dealkylation sites (N-methyl/N-ethyl adjacent to an activating group) is 1. The molecule has 0 spiro atoms. The molecule has 0 saturated heterocycles. The van der Waals surface area contributed by atoms with E-state index in [1.807, 2.05) is 37.3 Å². The van der Waals surface area contributed by atoms with Gasteiger partial charge in [0.05, 0.1) is 20.6 Å². The first-order valence-electron chi connectivity index (χ1n) is 7.65. The van der Waals surface area contributed by atoms with Crippen molar-refractivity contribution in [2.45, 2.75) is 19.9 Å². The summed E-state index contributed by atoms with van der Waals surface area (Å²) >= 11 is 6.13.